The van der Waals surface area contributed by atoms with Gasteiger partial charge in [0.2, 0.25) is 5.95 Å². The number of hydrogen-bond acceptors (Lipinski definition) is 8. The quantitative estimate of drug-likeness (QED) is 0.606. The zero-order chi connectivity index (χ0) is 24.8. The van der Waals surface area contributed by atoms with E-state index in [2.05, 4.69) is 14.9 Å². The third kappa shape index (κ3) is 6.94. The number of aliphatic carboxylic acids is 1. The van der Waals surface area contributed by atoms with E-state index in [1.807, 2.05) is 13.0 Å². The topological polar surface area (TPSA) is 148 Å². The number of nitrogens with two attached hydrogens (primary N) is 1. The first-order valence-corrected chi connectivity index (χ1v) is 9.61. The fourth-order valence-electron chi connectivity index (χ4n) is 3.16. The van der Waals surface area contributed by atoms with E-state index >= 15 is 0 Å². The van der Waals surface area contributed by atoms with Crippen LogP contribution in [-0.2, 0) is 9.53 Å². The number of nitrogen functional groups attached to an aromatic ring is 1. The number of methoxy groups -OCH3 is 1. The molecule has 3 rings (SSSR count). The van der Waals surface area contributed by atoms with Crippen molar-refractivity contribution in [1.29, 1.82) is 0 Å². The number of aryl methyl sites for hydroxylation is 1. The summed E-state index contributed by atoms with van der Waals surface area (Å²) in [5.41, 5.74) is 7.53. The zero-order valence-electron chi connectivity index (χ0n) is 17.8. The van der Waals surface area contributed by atoms with Crippen molar-refractivity contribution in [2.24, 2.45) is 0 Å². The summed E-state index contributed by atoms with van der Waals surface area (Å²) < 4.78 is 43.0. The molecule has 180 valence electrons. The van der Waals surface area contributed by atoms with Crippen LogP contribution in [0.4, 0.5) is 24.9 Å². The van der Waals surface area contributed by atoms with Crippen molar-refractivity contribution in [3.63, 3.8) is 0 Å². The van der Waals surface area contributed by atoms with Crippen LogP contribution in [0.15, 0.2) is 24.3 Å². The number of aromatic nitrogens is 2. The second-order valence-corrected chi connectivity index (χ2v) is 6.93. The Morgan fingerprint density at radius 1 is 1.24 bits per heavy atom. The molecule has 2 aromatic rings. The molecule has 2 heterocycles. The molecule has 0 radical (unpaired) electrons. The normalized spacial score (nSPS) is 16.3. The number of carboxylic acid groups (broad SMARTS) is 2. The lowest BCUT2D eigenvalue weighted by Gasteiger charge is -2.32. The van der Waals surface area contributed by atoms with Crippen molar-refractivity contribution >= 4 is 23.7 Å². The first kappa shape index (κ1) is 25.6. The van der Waals surface area contributed by atoms with Gasteiger partial charge in [0.15, 0.2) is 0 Å². The Labute approximate surface area is 186 Å². The number of halogens is 3. The molecule has 4 N–H and O–H groups in total. The number of carbonyl (C=O) groups is 2. The summed E-state index contributed by atoms with van der Waals surface area (Å²) in [6.45, 7) is 3.56. The molecule has 0 bridgehead atoms. The Kier molecular flexibility index (Phi) is 8.40. The molecule has 1 unspecified atom stereocenters. The van der Waals surface area contributed by atoms with Gasteiger partial charge in [-0.15, -0.1) is 0 Å². The van der Waals surface area contributed by atoms with Crippen LogP contribution in [0.3, 0.4) is 0 Å². The third-order valence-electron chi connectivity index (χ3n) is 4.57. The maximum atomic E-state index is 11.4. The molecule has 1 saturated heterocycles. The third-order valence-corrected chi connectivity index (χ3v) is 4.57. The molecule has 0 amide bonds. The maximum Gasteiger partial charge on any atom is 0.490 e. The first-order valence-electron chi connectivity index (χ1n) is 9.61. The number of nitrogens with zero attached hydrogens (tertiary/aromatic N) is 3. The average Bonchev–Trinajstić information content (AvgIpc) is 2.98. The van der Waals surface area contributed by atoms with Crippen molar-refractivity contribution < 1.29 is 42.4 Å². The second-order valence-electron chi connectivity index (χ2n) is 6.93. The lowest BCUT2D eigenvalue weighted by Crippen LogP contribution is -2.32. The highest BCUT2D eigenvalue weighted by atomic mass is 19.4. The minimum atomic E-state index is -5.08. The SMILES string of the molecule is COc1ccc(C(=O)O)cc1C1COCCCN1c1cc(C)nc(N)n1.O=C(O)C(F)(F)F. The molecular formula is C20H23F3N4O6. The van der Waals surface area contributed by atoms with Gasteiger partial charge in [-0.05, 0) is 31.5 Å². The molecule has 1 aliphatic heterocycles. The summed E-state index contributed by atoms with van der Waals surface area (Å²) >= 11 is 0. The van der Waals surface area contributed by atoms with Crippen molar-refractivity contribution in [2.75, 3.05) is 37.5 Å². The van der Waals surface area contributed by atoms with Crippen LogP contribution in [0.2, 0.25) is 0 Å². The van der Waals surface area contributed by atoms with Crippen LogP contribution in [0.25, 0.3) is 0 Å². The largest absolute Gasteiger partial charge is 0.496 e. The summed E-state index contributed by atoms with van der Waals surface area (Å²) in [5.74, 6) is -2.25. The number of benzene rings is 1. The Hall–Kier alpha value is -3.61. The Morgan fingerprint density at radius 3 is 2.45 bits per heavy atom. The Bertz CT molecular complexity index is 982. The van der Waals surface area contributed by atoms with Gasteiger partial charge in [0.05, 0.1) is 25.3 Å². The van der Waals surface area contributed by atoms with E-state index in [1.54, 1.807) is 19.2 Å². The monoisotopic (exact) mass is 472 g/mol. The molecular weight excluding hydrogens is 449 g/mol. The molecule has 0 spiro atoms. The molecule has 33 heavy (non-hydrogen) atoms. The predicted octanol–water partition coefficient (Wildman–Crippen LogP) is 2.68. The summed E-state index contributed by atoms with van der Waals surface area (Å²) in [6.07, 6.45) is -4.26. The summed E-state index contributed by atoms with van der Waals surface area (Å²) in [5, 5.41) is 16.5. The highest BCUT2D eigenvalue weighted by Gasteiger charge is 2.38. The van der Waals surface area contributed by atoms with Gasteiger partial charge in [-0.25, -0.2) is 14.6 Å². The molecule has 1 aromatic carbocycles. The van der Waals surface area contributed by atoms with Gasteiger partial charge < -0.3 is 30.3 Å². The summed E-state index contributed by atoms with van der Waals surface area (Å²) in [7, 11) is 1.56. The van der Waals surface area contributed by atoms with Crippen LogP contribution < -0.4 is 15.4 Å². The van der Waals surface area contributed by atoms with E-state index in [0.717, 1.165) is 17.7 Å². The van der Waals surface area contributed by atoms with Crippen LogP contribution >= 0.6 is 0 Å². The number of rotatable bonds is 4. The molecule has 1 aromatic heterocycles. The van der Waals surface area contributed by atoms with Crippen molar-refractivity contribution in [3.8, 4) is 5.75 Å². The predicted molar refractivity (Wildman–Crippen MR) is 110 cm³/mol. The smallest absolute Gasteiger partial charge is 0.490 e. The van der Waals surface area contributed by atoms with Crippen molar-refractivity contribution in [3.05, 3.63) is 41.1 Å². The van der Waals surface area contributed by atoms with Crippen LogP contribution in [0.5, 0.6) is 5.75 Å². The molecule has 0 saturated carbocycles. The van der Waals surface area contributed by atoms with Gasteiger partial charge in [0.1, 0.15) is 11.6 Å². The maximum absolute atomic E-state index is 11.4. The van der Waals surface area contributed by atoms with Gasteiger partial charge in [0, 0.05) is 30.5 Å². The molecule has 10 nitrogen and oxygen atoms in total. The lowest BCUT2D eigenvalue weighted by atomic mass is 10.0. The van der Waals surface area contributed by atoms with E-state index < -0.39 is 18.1 Å². The van der Waals surface area contributed by atoms with E-state index in [9.17, 15) is 23.1 Å². The van der Waals surface area contributed by atoms with Crippen molar-refractivity contribution in [2.45, 2.75) is 25.6 Å². The number of hydrogen-bond donors (Lipinski definition) is 3. The number of alkyl halides is 3. The number of carboxylic acids is 2. The molecule has 13 heteroatoms. The standard InChI is InChI=1S/C18H22N4O4.C2HF3O2/c1-11-8-16(21-18(19)20-11)22-6-3-7-26-10-14(22)13-9-12(17(23)24)4-5-15(13)25-2;3-2(4,5)1(6)7/h4-5,8-9,14H,3,6-7,10H2,1-2H3,(H,23,24)(H2,19,20,21);(H,6,7). The second kappa shape index (κ2) is 10.8. The van der Waals surface area contributed by atoms with Gasteiger partial charge in [-0.3, -0.25) is 0 Å². The average molecular weight is 472 g/mol. The Morgan fingerprint density at radius 2 is 1.91 bits per heavy atom. The molecule has 1 aliphatic rings. The van der Waals surface area contributed by atoms with Gasteiger partial charge in [0.25, 0.3) is 0 Å². The molecule has 1 atom stereocenters. The molecule has 0 aliphatic carbocycles. The van der Waals surface area contributed by atoms with E-state index in [-0.39, 0.29) is 17.6 Å². The van der Waals surface area contributed by atoms with Crippen molar-refractivity contribution in [1.82, 2.24) is 9.97 Å². The highest BCUT2D eigenvalue weighted by molar-refractivity contribution is 5.88. The van der Waals surface area contributed by atoms with Crippen LogP contribution in [0.1, 0.15) is 34.1 Å². The molecule has 1 fully saturated rings. The van der Waals surface area contributed by atoms with Gasteiger partial charge in [-0.1, -0.05) is 0 Å². The first-order chi connectivity index (χ1) is 15.4. The van der Waals surface area contributed by atoms with Crippen LogP contribution in [-0.4, -0.2) is 65.2 Å². The number of ether oxygens (including phenoxy) is 2. The lowest BCUT2D eigenvalue weighted by molar-refractivity contribution is -0.192. The van der Waals surface area contributed by atoms with E-state index in [0.29, 0.717) is 31.3 Å². The minimum Gasteiger partial charge on any atom is -0.496 e. The number of aromatic carboxylic acids is 1. The van der Waals surface area contributed by atoms with Gasteiger partial charge in [-0.2, -0.15) is 18.2 Å². The minimum absolute atomic E-state index is 0.198. The summed E-state index contributed by atoms with van der Waals surface area (Å²) in [4.78, 5) is 30.9. The fraction of sp³-hybridized carbons (Fsp3) is 0.400. The van der Waals surface area contributed by atoms with Crippen LogP contribution in [0, 0.1) is 6.92 Å². The van der Waals surface area contributed by atoms with E-state index in [1.165, 1.54) is 6.07 Å². The highest BCUT2D eigenvalue weighted by Crippen LogP contribution is 2.35. The zero-order valence-corrected chi connectivity index (χ0v) is 17.8. The van der Waals surface area contributed by atoms with Gasteiger partial charge >= 0.3 is 18.1 Å². The fourth-order valence-corrected chi connectivity index (χ4v) is 3.16. The Balaban J connectivity index is 0.000000479. The number of anilines is 2. The summed E-state index contributed by atoms with van der Waals surface area (Å²) in [6, 6.07) is 6.44. The van der Waals surface area contributed by atoms with E-state index in [4.69, 9.17) is 25.1 Å².